The molecule has 0 radical (unpaired) electrons. The van der Waals surface area contributed by atoms with Crippen molar-refractivity contribution in [2.75, 3.05) is 19.5 Å². The lowest BCUT2D eigenvalue weighted by Gasteiger charge is -2.27. The fourth-order valence-electron chi connectivity index (χ4n) is 5.49. The second kappa shape index (κ2) is 7.13. The monoisotopic (exact) mass is 465 g/mol. The summed E-state index contributed by atoms with van der Waals surface area (Å²) in [5.41, 5.74) is 1.22. The number of fused-ring (bicyclic) bond motifs is 4. The quantitative estimate of drug-likeness (QED) is 0.414. The predicted molar refractivity (Wildman–Crippen MR) is 121 cm³/mol. The maximum Gasteiger partial charge on any atom is 0.269 e. The van der Waals surface area contributed by atoms with Crippen molar-refractivity contribution in [2.45, 2.75) is 43.2 Å². The molecule has 0 unspecified atom stereocenters. The minimum atomic E-state index is -0.592. The van der Waals surface area contributed by atoms with E-state index in [1.165, 1.54) is 30.8 Å². The summed E-state index contributed by atoms with van der Waals surface area (Å²) in [4.78, 5) is 20.8. The van der Waals surface area contributed by atoms with Crippen molar-refractivity contribution in [3.63, 3.8) is 0 Å². The zero-order valence-electron chi connectivity index (χ0n) is 18.8. The molecule has 0 aliphatic heterocycles. The number of rotatable bonds is 5. The van der Waals surface area contributed by atoms with E-state index >= 15 is 0 Å². The molecule has 34 heavy (non-hydrogen) atoms. The summed E-state index contributed by atoms with van der Waals surface area (Å²) < 4.78 is 23.6. The van der Waals surface area contributed by atoms with Crippen molar-refractivity contribution < 1.29 is 19.0 Å². The highest BCUT2D eigenvalue weighted by Gasteiger charge is 2.53. The number of methoxy groups -OCH3 is 1. The summed E-state index contributed by atoms with van der Waals surface area (Å²) in [5, 5.41) is 21.2. The summed E-state index contributed by atoms with van der Waals surface area (Å²) in [6, 6.07) is 3.17. The smallest absolute Gasteiger partial charge is 0.269 e. The van der Waals surface area contributed by atoms with Gasteiger partial charge in [-0.15, -0.1) is 5.10 Å². The van der Waals surface area contributed by atoms with E-state index in [4.69, 9.17) is 4.74 Å². The van der Waals surface area contributed by atoms with Gasteiger partial charge in [0.2, 0.25) is 11.8 Å². The molecule has 0 atom stereocenters. The van der Waals surface area contributed by atoms with Crippen LogP contribution in [0.4, 0.5) is 10.3 Å². The van der Waals surface area contributed by atoms with E-state index in [1.54, 1.807) is 23.0 Å². The summed E-state index contributed by atoms with van der Waals surface area (Å²) >= 11 is 0. The number of carbonyl (C=O) groups is 1. The molecule has 2 fully saturated rings. The van der Waals surface area contributed by atoms with E-state index in [2.05, 4.69) is 25.7 Å². The van der Waals surface area contributed by atoms with Gasteiger partial charge >= 0.3 is 0 Å². The average Bonchev–Trinajstić information content (AvgIpc) is 3.58. The van der Waals surface area contributed by atoms with Crippen LogP contribution in [0.3, 0.4) is 0 Å². The van der Waals surface area contributed by atoms with Crippen molar-refractivity contribution in [3.05, 3.63) is 42.2 Å². The van der Waals surface area contributed by atoms with Crippen LogP contribution in [0, 0.1) is 5.82 Å². The Kier molecular flexibility index (Phi) is 4.37. The van der Waals surface area contributed by atoms with Gasteiger partial charge in [-0.25, -0.2) is 13.9 Å². The van der Waals surface area contributed by atoms with Crippen LogP contribution in [-0.4, -0.2) is 60.3 Å². The zero-order chi connectivity index (χ0) is 23.7. The number of aromatic nitrogens is 5. The third-order valence-electron chi connectivity index (χ3n) is 7.19. The van der Waals surface area contributed by atoms with Gasteiger partial charge in [0.25, 0.3) is 5.91 Å². The van der Waals surface area contributed by atoms with Crippen LogP contribution in [0.2, 0.25) is 0 Å². The molecule has 4 aromatic rings. The Balaban J connectivity index is 1.44. The van der Waals surface area contributed by atoms with Gasteiger partial charge in [-0.1, -0.05) is 0 Å². The number of ether oxygens (including phenoxy) is 1. The molecular weight excluding hydrogens is 441 g/mol. The molecular formula is C23H24FN7O3. The predicted octanol–water partition coefficient (Wildman–Crippen LogP) is 2.41. The molecule has 2 saturated carbocycles. The first kappa shape index (κ1) is 20.8. The fraction of sp³-hybridized carbons (Fsp3) is 0.391. The number of imidazole rings is 1. The van der Waals surface area contributed by atoms with Crippen LogP contribution in [0.25, 0.3) is 22.3 Å². The Morgan fingerprint density at radius 1 is 1.29 bits per heavy atom. The largest absolute Gasteiger partial charge is 0.479 e. The van der Waals surface area contributed by atoms with Crippen LogP contribution in [0.1, 0.15) is 42.6 Å². The summed E-state index contributed by atoms with van der Waals surface area (Å²) in [6.07, 6.45) is 8.71. The SMILES string of the molecule is CNC(=O)c1cnc2c(F)cc(-c3ccn4nc(NC56CCC(O)(CC5)C6)nc(OC)c34)cn12. The molecule has 0 spiro atoms. The number of nitrogens with one attached hydrogen (secondary N) is 2. The van der Waals surface area contributed by atoms with E-state index < -0.39 is 11.4 Å². The number of anilines is 1. The van der Waals surface area contributed by atoms with Crippen LogP contribution < -0.4 is 15.4 Å². The first-order valence-corrected chi connectivity index (χ1v) is 11.2. The minimum absolute atomic E-state index is 0.0629. The van der Waals surface area contributed by atoms with Crippen LogP contribution in [0.15, 0.2) is 30.7 Å². The molecule has 4 aromatic heterocycles. The molecule has 1 amide bonds. The first-order chi connectivity index (χ1) is 16.3. The molecule has 3 N–H and O–H groups in total. The van der Waals surface area contributed by atoms with Crippen LogP contribution in [0.5, 0.6) is 5.88 Å². The third-order valence-corrected chi connectivity index (χ3v) is 7.19. The first-order valence-electron chi connectivity index (χ1n) is 11.2. The number of carbonyl (C=O) groups excluding carboxylic acids is 1. The highest BCUT2D eigenvalue weighted by atomic mass is 19.1. The Labute approximate surface area is 193 Å². The maximum atomic E-state index is 14.9. The van der Waals surface area contributed by atoms with Crippen molar-refractivity contribution in [1.82, 2.24) is 29.3 Å². The van der Waals surface area contributed by atoms with Crippen LogP contribution >= 0.6 is 0 Å². The molecule has 10 nitrogen and oxygen atoms in total. The molecule has 11 heteroatoms. The van der Waals surface area contributed by atoms with E-state index in [9.17, 15) is 14.3 Å². The highest BCUT2D eigenvalue weighted by molar-refractivity contribution is 5.93. The number of aliphatic hydroxyl groups is 1. The van der Waals surface area contributed by atoms with Gasteiger partial charge in [0, 0.05) is 36.1 Å². The topological polar surface area (TPSA) is 118 Å². The van der Waals surface area contributed by atoms with Gasteiger partial charge in [0.1, 0.15) is 11.2 Å². The lowest BCUT2D eigenvalue weighted by molar-refractivity contribution is 0.0521. The molecule has 2 bridgehead atoms. The van der Waals surface area contributed by atoms with Crippen molar-refractivity contribution in [2.24, 2.45) is 0 Å². The number of pyridine rings is 1. The highest BCUT2D eigenvalue weighted by Crippen LogP contribution is 2.51. The van der Waals surface area contributed by atoms with Gasteiger partial charge in [0.05, 0.1) is 18.9 Å². The Bertz CT molecular complexity index is 1450. The van der Waals surface area contributed by atoms with Crippen LogP contribution in [-0.2, 0) is 0 Å². The molecule has 2 aliphatic carbocycles. The molecule has 2 aliphatic rings. The Hall–Kier alpha value is -3.73. The fourth-order valence-corrected chi connectivity index (χ4v) is 5.49. The Morgan fingerprint density at radius 3 is 2.76 bits per heavy atom. The normalized spacial score (nSPS) is 23.6. The average molecular weight is 465 g/mol. The van der Waals surface area contributed by atoms with Gasteiger partial charge < -0.3 is 20.5 Å². The van der Waals surface area contributed by atoms with Gasteiger partial charge in [-0.05, 0) is 44.2 Å². The van der Waals surface area contributed by atoms with Crippen molar-refractivity contribution in [1.29, 1.82) is 0 Å². The van der Waals surface area contributed by atoms with Gasteiger partial charge in [0.15, 0.2) is 11.5 Å². The third kappa shape index (κ3) is 3.03. The van der Waals surface area contributed by atoms with Crippen molar-refractivity contribution >= 4 is 23.0 Å². The van der Waals surface area contributed by atoms with E-state index in [0.717, 1.165) is 25.7 Å². The second-order valence-corrected chi connectivity index (χ2v) is 9.27. The van der Waals surface area contributed by atoms with Crippen molar-refractivity contribution in [3.8, 4) is 17.0 Å². The molecule has 6 rings (SSSR count). The lowest BCUT2D eigenvalue weighted by atomic mass is 9.93. The van der Waals surface area contributed by atoms with E-state index in [-0.39, 0.29) is 22.8 Å². The summed E-state index contributed by atoms with van der Waals surface area (Å²) in [6.45, 7) is 0. The maximum absolute atomic E-state index is 14.9. The molecule has 0 aromatic carbocycles. The van der Waals surface area contributed by atoms with E-state index in [1.807, 2.05) is 0 Å². The number of halogens is 1. The number of hydrogen-bond donors (Lipinski definition) is 3. The molecule has 0 saturated heterocycles. The standard InChI is InChI=1S/C23H24FN7O3/c1-25-19(32)16-10-26-18-15(24)9-13(11-30(16)18)14-3-8-31-17(14)20(34-2)27-21(29-31)28-22-4-6-23(33,12-22)7-5-22/h3,8-11,33H,4-7,12H2,1-2H3,(H,25,32)(H,28,29). The second-order valence-electron chi connectivity index (χ2n) is 9.27. The minimum Gasteiger partial charge on any atom is -0.479 e. The lowest BCUT2D eigenvalue weighted by Crippen LogP contribution is -2.34. The molecule has 4 heterocycles. The van der Waals surface area contributed by atoms with E-state index in [0.29, 0.717) is 34.9 Å². The van der Waals surface area contributed by atoms with Gasteiger partial charge in [-0.2, -0.15) is 4.98 Å². The number of hydrogen-bond acceptors (Lipinski definition) is 7. The Morgan fingerprint density at radius 2 is 2.09 bits per heavy atom. The number of amides is 1. The zero-order valence-corrected chi connectivity index (χ0v) is 18.8. The number of nitrogens with zero attached hydrogens (tertiary/aromatic N) is 5. The summed E-state index contributed by atoms with van der Waals surface area (Å²) in [5.74, 6) is -0.180. The summed E-state index contributed by atoms with van der Waals surface area (Å²) in [7, 11) is 3.03. The van der Waals surface area contributed by atoms with Gasteiger partial charge in [-0.3, -0.25) is 9.20 Å². The molecule has 176 valence electrons.